The second kappa shape index (κ2) is 7.76. The predicted octanol–water partition coefficient (Wildman–Crippen LogP) is 4.20. The zero-order valence-corrected chi connectivity index (χ0v) is 19.3. The Bertz CT molecular complexity index is 1630. The Morgan fingerprint density at radius 2 is 1.86 bits per heavy atom. The van der Waals surface area contributed by atoms with E-state index in [1.807, 2.05) is 18.2 Å². The number of pyridine rings is 1. The first-order chi connectivity index (χ1) is 17.6. The number of nitrogens with zero attached hydrogens (tertiary/aromatic N) is 5. The molecule has 1 saturated carbocycles. The number of H-pyrrole nitrogens is 1. The van der Waals surface area contributed by atoms with Crippen molar-refractivity contribution in [1.82, 2.24) is 25.1 Å². The van der Waals surface area contributed by atoms with Crippen LogP contribution in [0.3, 0.4) is 0 Å². The van der Waals surface area contributed by atoms with E-state index in [1.165, 1.54) is 12.1 Å². The van der Waals surface area contributed by atoms with Crippen LogP contribution in [0.25, 0.3) is 33.3 Å². The molecule has 3 N–H and O–H groups in total. The smallest absolute Gasteiger partial charge is 0.177 e. The maximum absolute atomic E-state index is 14.7. The SMILES string of the molecule is NC[C@]1(c2ccccc2F)[C@@H]2CCN(c3cnc4c(-c5ccnc6c(F)cccc56)n[nH]c4n3)C[C@@H]21. The minimum absolute atomic E-state index is 0.182. The first-order valence-electron chi connectivity index (χ1n) is 12.1. The molecule has 0 bridgehead atoms. The zero-order valence-electron chi connectivity index (χ0n) is 19.3. The fourth-order valence-corrected chi connectivity index (χ4v) is 6.32. The number of rotatable bonds is 4. The molecular formula is C27H23F2N7. The number of fused-ring (bicyclic) bond motifs is 3. The number of piperidine rings is 1. The minimum Gasteiger partial charge on any atom is -0.355 e. The van der Waals surface area contributed by atoms with E-state index in [1.54, 1.807) is 30.6 Å². The number of hydrogen-bond donors (Lipinski definition) is 2. The fourth-order valence-electron chi connectivity index (χ4n) is 6.32. The number of aromatic amines is 1. The largest absolute Gasteiger partial charge is 0.355 e. The van der Waals surface area contributed by atoms with E-state index >= 15 is 0 Å². The molecule has 2 aromatic carbocycles. The van der Waals surface area contributed by atoms with Gasteiger partial charge in [-0.3, -0.25) is 10.1 Å². The van der Waals surface area contributed by atoms with Crippen molar-refractivity contribution in [1.29, 1.82) is 0 Å². The number of nitrogens with two attached hydrogens (primary N) is 1. The van der Waals surface area contributed by atoms with Gasteiger partial charge in [0.15, 0.2) is 5.65 Å². The molecule has 3 aromatic heterocycles. The van der Waals surface area contributed by atoms with Crippen LogP contribution in [-0.4, -0.2) is 44.8 Å². The van der Waals surface area contributed by atoms with Gasteiger partial charge in [-0.05, 0) is 42.0 Å². The van der Waals surface area contributed by atoms with E-state index in [4.69, 9.17) is 15.7 Å². The molecule has 180 valence electrons. The lowest BCUT2D eigenvalue weighted by Gasteiger charge is -2.26. The van der Waals surface area contributed by atoms with Crippen molar-refractivity contribution in [3.05, 3.63) is 78.1 Å². The van der Waals surface area contributed by atoms with Crippen LogP contribution in [0.1, 0.15) is 12.0 Å². The minimum atomic E-state index is -0.380. The summed E-state index contributed by atoms with van der Waals surface area (Å²) in [7, 11) is 0. The lowest BCUT2D eigenvalue weighted by atomic mass is 9.91. The van der Waals surface area contributed by atoms with Crippen LogP contribution in [0.4, 0.5) is 14.6 Å². The molecule has 36 heavy (non-hydrogen) atoms. The monoisotopic (exact) mass is 483 g/mol. The van der Waals surface area contributed by atoms with Crippen LogP contribution in [0.2, 0.25) is 0 Å². The molecule has 5 aromatic rings. The first kappa shape index (κ1) is 21.3. The summed E-state index contributed by atoms with van der Waals surface area (Å²) in [5.41, 5.74) is 9.45. The molecule has 0 unspecified atom stereocenters. The second-order valence-electron chi connectivity index (χ2n) is 9.66. The first-order valence-corrected chi connectivity index (χ1v) is 12.1. The molecule has 7 rings (SSSR count). The van der Waals surface area contributed by atoms with E-state index in [-0.39, 0.29) is 23.0 Å². The van der Waals surface area contributed by atoms with Gasteiger partial charge in [-0.15, -0.1) is 0 Å². The summed E-state index contributed by atoms with van der Waals surface area (Å²) >= 11 is 0. The zero-order chi connectivity index (χ0) is 24.4. The molecular weight excluding hydrogens is 460 g/mol. The van der Waals surface area contributed by atoms with Crippen molar-refractivity contribution < 1.29 is 8.78 Å². The van der Waals surface area contributed by atoms with Crippen molar-refractivity contribution in [2.75, 3.05) is 24.5 Å². The van der Waals surface area contributed by atoms with Crippen molar-refractivity contribution in [2.24, 2.45) is 17.6 Å². The van der Waals surface area contributed by atoms with Crippen molar-refractivity contribution in [3.63, 3.8) is 0 Å². The number of halogens is 2. The van der Waals surface area contributed by atoms with Gasteiger partial charge >= 0.3 is 0 Å². The Balaban J connectivity index is 1.21. The summed E-state index contributed by atoms with van der Waals surface area (Å²) in [6, 6.07) is 13.7. The van der Waals surface area contributed by atoms with Crippen molar-refractivity contribution in [3.8, 4) is 11.3 Å². The molecule has 0 radical (unpaired) electrons. The van der Waals surface area contributed by atoms with Gasteiger partial charge in [0.25, 0.3) is 0 Å². The van der Waals surface area contributed by atoms with Gasteiger partial charge in [0.1, 0.15) is 34.2 Å². The van der Waals surface area contributed by atoms with E-state index in [0.717, 1.165) is 36.5 Å². The van der Waals surface area contributed by atoms with E-state index in [0.29, 0.717) is 40.2 Å². The number of anilines is 1. The number of nitrogens with one attached hydrogen (secondary N) is 1. The summed E-state index contributed by atoms with van der Waals surface area (Å²) in [6.45, 7) is 1.96. The second-order valence-corrected chi connectivity index (χ2v) is 9.66. The molecule has 1 aliphatic heterocycles. The normalized spacial score (nSPS) is 23.2. The van der Waals surface area contributed by atoms with Crippen LogP contribution in [-0.2, 0) is 5.41 Å². The van der Waals surface area contributed by atoms with Crippen LogP contribution in [0.5, 0.6) is 0 Å². The van der Waals surface area contributed by atoms with Gasteiger partial charge in [0.05, 0.1) is 6.20 Å². The maximum atomic E-state index is 14.7. The van der Waals surface area contributed by atoms with E-state index < -0.39 is 0 Å². The fraction of sp³-hybridized carbons (Fsp3) is 0.259. The molecule has 2 fully saturated rings. The van der Waals surface area contributed by atoms with Crippen molar-refractivity contribution >= 4 is 27.9 Å². The average Bonchev–Trinajstić information content (AvgIpc) is 3.37. The third-order valence-electron chi connectivity index (χ3n) is 8.10. The molecule has 1 aliphatic carbocycles. The topological polar surface area (TPSA) is 96.6 Å². The lowest BCUT2D eigenvalue weighted by molar-refractivity contribution is 0.533. The van der Waals surface area contributed by atoms with Crippen molar-refractivity contribution in [2.45, 2.75) is 11.8 Å². The standard InChI is InChI=1S/C27H23F2N7/c28-20-6-2-1-5-18(20)27(14-30)17-9-11-36(13-19(17)27)22-12-32-25-24(34-35-26(25)33-22)16-8-10-31-23-15(16)4-3-7-21(23)29/h1-8,10,12,17,19H,9,11,13-14,30H2,(H,33,34,35)/t17-,19+,27-/m1/s1. The Morgan fingerprint density at radius 1 is 1.00 bits per heavy atom. The highest BCUT2D eigenvalue weighted by Crippen LogP contribution is 2.63. The number of aromatic nitrogens is 5. The average molecular weight is 484 g/mol. The maximum Gasteiger partial charge on any atom is 0.177 e. The Hall–Kier alpha value is -3.98. The number of para-hydroxylation sites is 1. The van der Waals surface area contributed by atoms with Gasteiger partial charge < -0.3 is 10.6 Å². The van der Waals surface area contributed by atoms with Crippen LogP contribution >= 0.6 is 0 Å². The quantitative estimate of drug-likeness (QED) is 0.398. The number of hydrogen-bond acceptors (Lipinski definition) is 6. The number of benzene rings is 2. The van der Waals surface area contributed by atoms with Gasteiger partial charge in [-0.2, -0.15) is 5.10 Å². The molecule has 4 heterocycles. The molecule has 0 amide bonds. The Kier molecular flexibility index (Phi) is 4.59. The molecule has 0 spiro atoms. The van der Waals surface area contributed by atoms with E-state index in [9.17, 15) is 8.78 Å². The van der Waals surface area contributed by atoms with Crippen LogP contribution < -0.4 is 10.6 Å². The van der Waals surface area contributed by atoms with Gasteiger partial charge in [0.2, 0.25) is 0 Å². The highest BCUT2D eigenvalue weighted by molar-refractivity contribution is 6.00. The van der Waals surface area contributed by atoms with E-state index in [2.05, 4.69) is 20.1 Å². The Labute approximate surface area is 205 Å². The summed E-state index contributed by atoms with van der Waals surface area (Å²) in [6.07, 6.45) is 4.24. The Morgan fingerprint density at radius 3 is 2.72 bits per heavy atom. The third-order valence-corrected chi connectivity index (χ3v) is 8.10. The summed E-state index contributed by atoms with van der Waals surface area (Å²) in [5.74, 6) is 0.814. The molecule has 9 heteroatoms. The van der Waals surface area contributed by atoms with Crippen LogP contribution in [0, 0.1) is 23.5 Å². The summed E-state index contributed by atoms with van der Waals surface area (Å²) < 4.78 is 29.0. The van der Waals surface area contributed by atoms with Gasteiger partial charge in [-0.25, -0.2) is 18.7 Å². The third kappa shape index (κ3) is 2.92. The lowest BCUT2D eigenvalue weighted by Crippen LogP contribution is -2.32. The predicted molar refractivity (Wildman–Crippen MR) is 133 cm³/mol. The van der Waals surface area contributed by atoms with Crippen LogP contribution in [0.15, 0.2) is 60.9 Å². The molecule has 2 aliphatic rings. The highest BCUT2D eigenvalue weighted by Gasteiger charge is 2.66. The summed E-state index contributed by atoms with van der Waals surface area (Å²) in [4.78, 5) is 15.9. The van der Waals surface area contributed by atoms with Gasteiger partial charge in [0, 0.05) is 42.2 Å². The molecule has 7 nitrogen and oxygen atoms in total. The molecule has 1 saturated heterocycles. The molecule has 3 atom stereocenters. The van der Waals surface area contributed by atoms with Gasteiger partial charge in [-0.1, -0.05) is 30.3 Å². The summed E-state index contributed by atoms with van der Waals surface area (Å²) in [5, 5.41) is 8.12. The highest BCUT2D eigenvalue weighted by atomic mass is 19.1.